The molecule has 3 saturated carbocycles. The third-order valence-electron chi connectivity index (χ3n) is 11.8. The van der Waals surface area contributed by atoms with Gasteiger partial charge in [-0.05, 0) is 150 Å². The fraction of sp³-hybridized carbons (Fsp3) is 0.971. The Morgan fingerprint density at radius 1 is 0.949 bits per heavy atom. The van der Waals surface area contributed by atoms with Crippen molar-refractivity contribution in [2.45, 2.75) is 131 Å². The van der Waals surface area contributed by atoms with Gasteiger partial charge in [-0.2, -0.15) is 0 Å². The van der Waals surface area contributed by atoms with E-state index in [9.17, 15) is 4.79 Å². The topological polar surface area (TPSA) is 76.4 Å². The number of ether oxygens (including phenoxy) is 1. The molecular formula is C34H65N3O2. The van der Waals surface area contributed by atoms with Gasteiger partial charge < -0.3 is 21.1 Å². The van der Waals surface area contributed by atoms with Gasteiger partial charge in [0.2, 0.25) is 0 Å². The molecule has 0 aliphatic heterocycles. The number of esters is 1. The van der Waals surface area contributed by atoms with Gasteiger partial charge in [-0.25, -0.2) is 0 Å². The maximum Gasteiger partial charge on any atom is 0.305 e. The van der Waals surface area contributed by atoms with Crippen LogP contribution in [0.3, 0.4) is 0 Å². The Hall–Kier alpha value is -0.650. The third-order valence-corrected chi connectivity index (χ3v) is 11.8. The lowest BCUT2D eigenvalue weighted by Gasteiger charge is -2.54. The van der Waals surface area contributed by atoms with Crippen LogP contribution in [0.1, 0.15) is 125 Å². The number of nitrogens with one attached hydrogen (secondary N) is 2. The Kier molecular flexibility index (Phi) is 13.1. The summed E-state index contributed by atoms with van der Waals surface area (Å²) in [6.07, 6.45) is 17.4. The quantitative estimate of drug-likeness (QED) is 0.172. The molecule has 0 radical (unpaired) electrons. The number of fused-ring (bicyclic) bond motifs is 3. The van der Waals surface area contributed by atoms with Crippen molar-refractivity contribution in [3.63, 3.8) is 0 Å². The first-order chi connectivity index (χ1) is 18.6. The number of nitrogens with two attached hydrogens (primary N) is 1. The average molecular weight is 548 g/mol. The van der Waals surface area contributed by atoms with Crippen molar-refractivity contribution in [2.75, 3.05) is 33.3 Å². The number of hydrogen-bond acceptors (Lipinski definition) is 5. The zero-order valence-electron chi connectivity index (χ0n) is 26.7. The van der Waals surface area contributed by atoms with E-state index in [0.29, 0.717) is 29.2 Å². The first-order valence-corrected chi connectivity index (χ1v) is 16.8. The molecule has 228 valence electrons. The van der Waals surface area contributed by atoms with Crippen LogP contribution in [0.4, 0.5) is 0 Å². The van der Waals surface area contributed by atoms with E-state index < -0.39 is 0 Å². The number of hydrogen-bond donors (Lipinski definition) is 3. The molecule has 39 heavy (non-hydrogen) atoms. The highest BCUT2D eigenvalue weighted by Gasteiger charge is 2.56. The summed E-state index contributed by atoms with van der Waals surface area (Å²) in [6, 6.07) is 0.661. The molecule has 3 aliphatic carbocycles. The number of carbonyl (C=O) groups is 1. The van der Waals surface area contributed by atoms with Crippen molar-refractivity contribution in [2.24, 2.45) is 52.1 Å². The predicted molar refractivity (Wildman–Crippen MR) is 165 cm³/mol. The number of methoxy groups -OCH3 is 1. The molecule has 0 amide bonds. The summed E-state index contributed by atoms with van der Waals surface area (Å²) in [6.45, 7) is 16.9. The fourth-order valence-corrected chi connectivity index (χ4v) is 9.44. The van der Waals surface area contributed by atoms with E-state index in [4.69, 9.17) is 10.5 Å². The van der Waals surface area contributed by atoms with Crippen LogP contribution < -0.4 is 16.4 Å². The van der Waals surface area contributed by atoms with Crippen LogP contribution in [0.15, 0.2) is 0 Å². The Morgan fingerprint density at radius 2 is 1.72 bits per heavy atom. The van der Waals surface area contributed by atoms with E-state index in [1.54, 1.807) is 0 Å². The summed E-state index contributed by atoms with van der Waals surface area (Å²) in [5.41, 5.74) is 6.46. The first-order valence-electron chi connectivity index (χ1n) is 16.8. The summed E-state index contributed by atoms with van der Waals surface area (Å²) < 4.78 is 4.95. The van der Waals surface area contributed by atoms with E-state index in [1.165, 1.54) is 77.7 Å². The lowest BCUT2D eigenvalue weighted by atomic mass is 9.50. The van der Waals surface area contributed by atoms with Gasteiger partial charge in [-0.3, -0.25) is 4.79 Å². The fourth-order valence-electron chi connectivity index (χ4n) is 9.44. The Balaban J connectivity index is 1.58. The number of unbranched alkanes of at least 4 members (excludes halogenated alkanes) is 1. The van der Waals surface area contributed by atoms with Crippen molar-refractivity contribution >= 4 is 5.97 Å². The highest BCUT2D eigenvalue weighted by atomic mass is 16.5. The van der Waals surface area contributed by atoms with E-state index >= 15 is 0 Å². The van der Waals surface area contributed by atoms with Gasteiger partial charge in [-0.1, -0.05) is 41.0 Å². The predicted octanol–water partition coefficient (Wildman–Crippen LogP) is 6.94. The minimum Gasteiger partial charge on any atom is -0.469 e. The molecule has 5 heteroatoms. The molecule has 0 aromatic heterocycles. The van der Waals surface area contributed by atoms with Gasteiger partial charge in [0.15, 0.2) is 0 Å². The van der Waals surface area contributed by atoms with Crippen LogP contribution in [0.25, 0.3) is 0 Å². The van der Waals surface area contributed by atoms with Crippen LogP contribution >= 0.6 is 0 Å². The summed E-state index contributed by atoms with van der Waals surface area (Å²) >= 11 is 0. The molecule has 5 nitrogen and oxygen atoms in total. The second-order valence-corrected chi connectivity index (χ2v) is 14.9. The molecule has 8 atom stereocenters. The second-order valence-electron chi connectivity index (χ2n) is 14.9. The summed E-state index contributed by atoms with van der Waals surface area (Å²) in [4.78, 5) is 11.8. The van der Waals surface area contributed by atoms with Gasteiger partial charge >= 0.3 is 5.97 Å². The molecule has 0 aromatic rings. The highest BCUT2D eigenvalue weighted by molar-refractivity contribution is 5.69. The normalized spacial score (nSPS) is 35.6. The lowest BCUT2D eigenvalue weighted by Crippen LogP contribution is -2.47. The minimum atomic E-state index is -0.0453. The second kappa shape index (κ2) is 15.5. The smallest absolute Gasteiger partial charge is 0.305 e. The standard InChI is InChI=1S/C34H65N3O2/c1-25-10-12-28-30(17-19-34(5)29(13-14-31(28)34)26(2)11-15-32(38)39-6)33(3,4)18-16-27(24-25)37-23-9-22-36-21-8-7-20-35/h25-31,36-37H,7-24,35H2,1-6H3/t25?,26?,27-,28?,29?,30?,31?,34-/m1/s1. The van der Waals surface area contributed by atoms with Crippen LogP contribution in [0.5, 0.6) is 0 Å². The summed E-state index contributed by atoms with van der Waals surface area (Å²) in [5, 5.41) is 7.55. The minimum absolute atomic E-state index is 0.0453. The molecule has 6 unspecified atom stereocenters. The average Bonchev–Trinajstić information content (AvgIpc) is 3.26. The zero-order chi connectivity index (χ0) is 28.5. The molecule has 4 N–H and O–H groups in total. The molecule has 0 heterocycles. The SMILES string of the molecule is COC(=O)CCC(C)C1CCC2C3CCC(C)C[C@H](NCCCNCCCCN)CCC(C)(C)C3CC[C@]12C. The Morgan fingerprint density at radius 3 is 2.46 bits per heavy atom. The van der Waals surface area contributed by atoms with Crippen molar-refractivity contribution in [3.8, 4) is 0 Å². The van der Waals surface area contributed by atoms with Crippen molar-refractivity contribution in [1.29, 1.82) is 0 Å². The van der Waals surface area contributed by atoms with Crippen LogP contribution in [0.2, 0.25) is 0 Å². The maximum atomic E-state index is 11.8. The van der Waals surface area contributed by atoms with Crippen molar-refractivity contribution < 1.29 is 9.53 Å². The highest BCUT2D eigenvalue weighted by Crippen LogP contribution is 2.64. The van der Waals surface area contributed by atoms with Crippen LogP contribution in [-0.2, 0) is 9.53 Å². The van der Waals surface area contributed by atoms with E-state index in [0.717, 1.165) is 68.6 Å². The molecule has 0 bridgehead atoms. The van der Waals surface area contributed by atoms with Crippen LogP contribution in [-0.4, -0.2) is 45.3 Å². The third kappa shape index (κ3) is 8.92. The first kappa shape index (κ1) is 32.9. The molecule has 0 aromatic carbocycles. The monoisotopic (exact) mass is 548 g/mol. The van der Waals surface area contributed by atoms with Crippen LogP contribution in [0, 0.1) is 46.3 Å². The van der Waals surface area contributed by atoms with Gasteiger partial charge in [0, 0.05) is 12.5 Å². The van der Waals surface area contributed by atoms with E-state index in [-0.39, 0.29) is 5.97 Å². The molecule has 0 saturated heterocycles. The van der Waals surface area contributed by atoms with Crippen molar-refractivity contribution in [1.82, 2.24) is 10.6 Å². The van der Waals surface area contributed by atoms with Gasteiger partial charge in [0.05, 0.1) is 7.11 Å². The molecule has 0 spiro atoms. The summed E-state index contributed by atoms with van der Waals surface area (Å²) in [5.74, 6) is 4.69. The maximum absolute atomic E-state index is 11.8. The largest absolute Gasteiger partial charge is 0.469 e. The molecule has 3 aliphatic rings. The van der Waals surface area contributed by atoms with Gasteiger partial charge in [0.1, 0.15) is 0 Å². The Labute approximate surface area is 241 Å². The Bertz CT molecular complexity index is 727. The van der Waals surface area contributed by atoms with Gasteiger partial charge in [0.25, 0.3) is 0 Å². The van der Waals surface area contributed by atoms with Crippen molar-refractivity contribution in [3.05, 3.63) is 0 Å². The lowest BCUT2D eigenvalue weighted by molar-refractivity contribution is -0.141. The molecule has 3 fully saturated rings. The number of carbonyl (C=O) groups excluding carboxylic acids is 1. The molecular weight excluding hydrogens is 482 g/mol. The van der Waals surface area contributed by atoms with Gasteiger partial charge in [-0.15, -0.1) is 0 Å². The van der Waals surface area contributed by atoms with E-state index in [1.807, 2.05) is 0 Å². The molecule has 3 rings (SSSR count). The summed E-state index contributed by atoms with van der Waals surface area (Å²) in [7, 11) is 1.52. The number of rotatable bonds is 13. The van der Waals surface area contributed by atoms with E-state index in [2.05, 4.69) is 45.3 Å². The zero-order valence-corrected chi connectivity index (χ0v) is 26.7.